The molecule has 154 valence electrons. The van der Waals surface area contributed by atoms with Gasteiger partial charge in [-0.2, -0.15) is 0 Å². The molecule has 0 atom stereocenters. The third-order valence-corrected chi connectivity index (χ3v) is 6.16. The molecule has 1 aliphatic rings. The van der Waals surface area contributed by atoms with E-state index in [9.17, 15) is 9.59 Å². The summed E-state index contributed by atoms with van der Waals surface area (Å²) in [5.74, 6) is -0.445. The number of thiocarbonyl (C=S) groups is 1. The predicted octanol–water partition coefficient (Wildman–Crippen LogP) is 4.96. The smallest absolute Gasteiger partial charge is 0.341 e. The lowest BCUT2D eigenvalue weighted by molar-refractivity contribution is -0.114. The molecular weight excluding hydrogens is 406 g/mol. The summed E-state index contributed by atoms with van der Waals surface area (Å²) in [4.78, 5) is 24.8. The van der Waals surface area contributed by atoms with Crippen molar-refractivity contribution in [3.63, 3.8) is 0 Å². The van der Waals surface area contributed by atoms with Crippen molar-refractivity contribution >= 4 is 56.9 Å². The van der Waals surface area contributed by atoms with Gasteiger partial charge in [-0.1, -0.05) is 12.8 Å². The number of esters is 1. The number of hydrogen-bond donors (Lipinski definition) is 3. The zero-order valence-corrected chi connectivity index (χ0v) is 18.2. The number of rotatable bonds is 4. The third-order valence-electron chi connectivity index (χ3n) is 4.75. The van der Waals surface area contributed by atoms with Crippen molar-refractivity contribution in [2.24, 2.45) is 0 Å². The highest BCUT2D eigenvalue weighted by Crippen LogP contribution is 2.37. The first-order valence-electron chi connectivity index (χ1n) is 9.66. The van der Waals surface area contributed by atoms with Crippen LogP contribution >= 0.6 is 23.6 Å². The minimum atomic E-state index is -0.326. The van der Waals surface area contributed by atoms with E-state index in [-0.39, 0.29) is 11.9 Å². The van der Waals surface area contributed by atoms with Crippen molar-refractivity contribution in [1.82, 2.24) is 0 Å². The second-order valence-corrected chi connectivity index (χ2v) is 8.46. The van der Waals surface area contributed by atoms with Gasteiger partial charge in [-0.05, 0) is 67.7 Å². The number of anilines is 3. The first kappa shape index (κ1) is 21.3. The lowest BCUT2D eigenvalue weighted by Crippen LogP contribution is -2.20. The van der Waals surface area contributed by atoms with Gasteiger partial charge in [0.2, 0.25) is 5.91 Å². The molecule has 0 fully saturated rings. The maximum Gasteiger partial charge on any atom is 0.341 e. The molecule has 29 heavy (non-hydrogen) atoms. The summed E-state index contributed by atoms with van der Waals surface area (Å²) in [7, 11) is 1.41. The minimum absolute atomic E-state index is 0.119. The third kappa shape index (κ3) is 5.55. The van der Waals surface area contributed by atoms with Gasteiger partial charge in [0.25, 0.3) is 0 Å². The number of benzene rings is 1. The second kappa shape index (κ2) is 9.84. The van der Waals surface area contributed by atoms with E-state index in [1.165, 1.54) is 31.8 Å². The topological polar surface area (TPSA) is 79.5 Å². The fourth-order valence-corrected chi connectivity index (χ4v) is 5.00. The van der Waals surface area contributed by atoms with E-state index in [1.54, 1.807) is 23.5 Å². The number of methoxy groups -OCH3 is 1. The van der Waals surface area contributed by atoms with Crippen LogP contribution in [-0.4, -0.2) is 24.1 Å². The number of aryl methyl sites for hydroxylation is 1. The minimum Gasteiger partial charge on any atom is -0.465 e. The Morgan fingerprint density at radius 3 is 2.21 bits per heavy atom. The summed E-state index contributed by atoms with van der Waals surface area (Å²) < 4.78 is 5.05. The normalized spacial score (nSPS) is 13.4. The molecule has 0 bridgehead atoms. The summed E-state index contributed by atoms with van der Waals surface area (Å²) in [6.45, 7) is 1.47. The molecule has 3 N–H and O–H groups in total. The van der Waals surface area contributed by atoms with Crippen LogP contribution in [0.5, 0.6) is 0 Å². The molecule has 0 aliphatic heterocycles. The molecule has 0 radical (unpaired) electrons. The number of amides is 1. The SMILES string of the molecule is COC(=O)c1c(NC(=S)Nc2ccc(NC(C)=O)cc2)sc2c1CCCCCC2. The average molecular weight is 432 g/mol. The fraction of sp³-hybridized carbons (Fsp3) is 0.381. The molecule has 1 amide bonds. The molecule has 1 heterocycles. The standard InChI is InChI=1S/C21H25N3O3S2/c1-13(25)22-14-9-11-15(12-10-14)23-21(28)24-19-18(20(26)27-2)16-7-5-3-4-6-8-17(16)29-19/h9-12H,3-8H2,1-2H3,(H,22,25)(H2,23,24,28). The van der Waals surface area contributed by atoms with E-state index in [0.29, 0.717) is 16.4 Å². The van der Waals surface area contributed by atoms with E-state index >= 15 is 0 Å². The Kier molecular flexibility index (Phi) is 7.22. The van der Waals surface area contributed by atoms with Gasteiger partial charge in [0.1, 0.15) is 5.00 Å². The van der Waals surface area contributed by atoms with Crippen LogP contribution < -0.4 is 16.0 Å². The van der Waals surface area contributed by atoms with Crippen LogP contribution in [0.3, 0.4) is 0 Å². The van der Waals surface area contributed by atoms with Crippen molar-refractivity contribution in [2.45, 2.75) is 45.4 Å². The average Bonchev–Trinajstić information content (AvgIpc) is 2.98. The van der Waals surface area contributed by atoms with E-state index in [1.807, 2.05) is 12.1 Å². The van der Waals surface area contributed by atoms with Crippen molar-refractivity contribution in [2.75, 3.05) is 23.1 Å². The van der Waals surface area contributed by atoms with Crippen molar-refractivity contribution < 1.29 is 14.3 Å². The Morgan fingerprint density at radius 1 is 0.966 bits per heavy atom. The molecule has 6 nitrogen and oxygen atoms in total. The van der Waals surface area contributed by atoms with Gasteiger partial charge in [0, 0.05) is 23.2 Å². The first-order valence-corrected chi connectivity index (χ1v) is 10.9. The van der Waals surface area contributed by atoms with Gasteiger partial charge in [-0.3, -0.25) is 4.79 Å². The molecule has 8 heteroatoms. The van der Waals surface area contributed by atoms with E-state index in [2.05, 4.69) is 16.0 Å². The molecular formula is C21H25N3O3S2. The van der Waals surface area contributed by atoms with E-state index in [4.69, 9.17) is 17.0 Å². The number of thiophene rings is 1. The van der Waals surface area contributed by atoms with Crippen LogP contribution in [-0.2, 0) is 22.4 Å². The van der Waals surface area contributed by atoms with Crippen LogP contribution in [0.25, 0.3) is 0 Å². The number of carbonyl (C=O) groups excluding carboxylic acids is 2. The van der Waals surface area contributed by atoms with Crippen LogP contribution in [0.1, 0.15) is 53.4 Å². The summed E-state index contributed by atoms with van der Waals surface area (Å²) >= 11 is 7.05. The Bertz CT molecular complexity index is 907. The largest absolute Gasteiger partial charge is 0.465 e. The van der Waals surface area contributed by atoms with Gasteiger partial charge in [0.05, 0.1) is 12.7 Å². The lowest BCUT2D eigenvalue weighted by Gasteiger charge is -2.12. The Balaban J connectivity index is 1.76. The van der Waals surface area contributed by atoms with Crippen LogP contribution in [0, 0.1) is 0 Å². The van der Waals surface area contributed by atoms with Crippen LogP contribution in [0.4, 0.5) is 16.4 Å². The second-order valence-electron chi connectivity index (χ2n) is 6.95. The molecule has 0 spiro atoms. The van der Waals surface area contributed by atoms with Gasteiger partial charge in [-0.25, -0.2) is 4.79 Å². The predicted molar refractivity (Wildman–Crippen MR) is 122 cm³/mol. The van der Waals surface area contributed by atoms with Gasteiger partial charge in [0.15, 0.2) is 5.11 Å². The van der Waals surface area contributed by atoms with Crippen LogP contribution in [0.15, 0.2) is 24.3 Å². The monoisotopic (exact) mass is 431 g/mol. The molecule has 0 unspecified atom stereocenters. The highest BCUT2D eigenvalue weighted by Gasteiger charge is 2.25. The van der Waals surface area contributed by atoms with Gasteiger partial charge in [-0.15, -0.1) is 11.3 Å². The van der Waals surface area contributed by atoms with Crippen LogP contribution in [0.2, 0.25) is 0 Å². The molecule has 1 aromatic carbocycles. The van der Waals surface area contributed by atoms with Crippen molar-refractivity contribution in [3.05, 3.63) is 40.3 Å². The number of ether oxygens (including phenoxy) is 1. The Hall–Kier alpha value is -2.45. The quantitative estimate of drug-likeness (QED) is 0.469. The molecule has 0 saturated heterocycles. The summed E-state index contributed by atoms with van der Waals surface area (Å²) in [5, 5.41) is 10.2. The summed E-state index contributed by atoms with van der Waals surface area (Å²) in [6.07, 6.45) is 6.50. The van der Waals surface area contributed by atoms with Gasteiger partial charge >= 0.3 is 5.97 Å². The van der Waals surface area contributed by atoms with E-state index in [0.717, 1.165) is 41.9 Å². The molecule has 0 saturated carbocycles. The highest BCUT2D eigenvalue weighted by molar-refractivity contribution is 7.80. The van der Waals surface area contributed by atoms with E-state index < -0.39 is 0 Å². The Labute approximate surface area is 180 Å². The van der Waals surface area contributed by atoms with Crippen molar-refractivity contribution in [3.8, 4) is 0 Å². The number of carbonyl (C=O) groups is 2. The zero-order chi connectivity index (χ0) is 20.8. The summed E-state index contributed by atoms with van der Waals surface area (Å²) in [6, 6.07) is 7.24. The highest BCUT2D eigenvalue weighted by atomic mass is 32.1. The first-order chi connectivity index (χ1) is 14.0. The zero-order valence-electron chi connectivity index (χ0n) is 16.6. The van der Waals surface area contributed by atoms with Crippen molar-refractivity contribution in [1.29, 1.82) is 0 Å². The Morgan fingerprint density at radius 2 is 1.59 bits per heavy atom. The maximum absolute atomic E-state index is 12.5. The molecule has 2 aromatic rings. The number of fused-ring (bicyclic) bond motifs is 1. The number of hydrogen-bond acceptors (Lipinski definition) is 5. The lowest BCUT2D eigenvalue weighted by atomic mass is 9.96. The maximum atomic E-state index is 12.5. The molecule has 1 aromatic heterocycles. The fourth-order valence-electron chi connectivity index (χ4n) is 3.43. The molecule has 3 rings (SSSR count). The number of nitrogens with one attached hydrogen (secondary N) is 3. The van der Waals surface area contributed by atoms with Gasteiger partial charge < -0.3 is 20.7 Å². The molecule has 1 aliphatic carbocycles. The summed E-state index contributed by atoms with van der Waals surface area (Å²) in [5.41, 5.74) is 3.21.